The number of nitrogens with zero attached hydrogens (tertiary/aromatic N) is 2. The Balaban J connectivity index is 1.76. The van der Waals surface area contributed by atoms with Crippen molar-refractivity contribution in [2.24, 2.45) is 0 Å². The van der Waals surface area contributed by atoms with Gasteiger partial charge in [-0.2, -0.15) is 0 Å². The number of alkyl halides is 1. The van der Waals surface area contributed by atoms with Gasteiger partial charge in [-0.05, 0) is 48.0 Å². The van der Waals surface area contributed by atoms with Gasteiger partial charge < -0.3 is 19.5 Å². The topological polar surface area (TPSA) is 44.8 Å². The highest BCUT2D eigenvalue weighted by Gasteiger charge is 2.48. The fourth-order valence-electron chi connectivity index (χ4n) is 4.80. The van der Waals surface area contributed by atoms with Crippen LogP contribution in [0.3, 0.4) is 0 Å². The van der Waals surface area contributed by atoms with Crippen LogP contribution in [0.2, 0.25) is 18.1 Å². The van der Waals surface area contributed by atoms with Crippen molar-refractivity contribution >= 4 is 19.9 Å². The lowest BCUT2D eigenvalue weighted by Gasteiger charge is -2.43. The van der Waals surface area contributed by atoms with Gasteiger partial charge in [0.1, 0.15) is 11.7 Å². The first kappa shape index (κ1) is 26.6. The van der Waals surface area contributed by atoms with Crippen molar-refractivity contribution in [2.75, 3.05) is 33.3 Å². The van der Waals surface area contributed by atoms with Gasteiger partial charge in [-0.25, -0.2) is 9.18 Å². The first-order valence-corrected chi connectivity index (χ1v) is 15.7. The summed E-state index contributed by atoms with van der Waals surface area (Å²) in [4.78, 5) is 17.7. The molecule has 0 aliphatic carbocycles. The van der Waals surface area contributed by atoms with E-state index in [0.717, 1.165) is 16.7 Å². The molecule has 2 aliphatic rings. The Kier molecular flexibility index (Phi) is 7.47. The average molecular weight is 510 g/mol. The second-order valence-electron chi connectivity index (χ2n) is 11.8. The highest BCUT2D eigenvalue weighted by Crippen LogP contribution is 2.43. The molecular weight excluding hydrogens is 469 g/mol. The summed E-state index contributed by atoms with van der Waals surface area (Å²) in [6, 6.07) is 19.5. The van der Waals surface area contributed by atoms with Gasteiger partial charge >= 0.3 is 6.03 Å². The van der Waals surface area contributed by atoms with Crippen LogP contribution in [-0.2, 0) is 9.96 Å². The molecule has 2 aliphatic heterocycles. The number of benzene rings is 2. The molecule has 7 heteroatoms. The van der Waals surface area contributed by atoms with Crippen molar-refractivity contribution in [3.63, 3.8) is 0 Å². The molecule has 2 heterocycles. The summed E-state index contributed by atoms with van der Waals surface area (Å²) >= 11 is 0. The van der Waals surface area contributed by atoms with E-state index < -0.39 is 26.1 Å². The van der Waals surface area contributed by atoms with Crippen molar-refractivity contribution in [1.82, 2.24) is 15.1 Å². The van der Waals surface area contributed by atoms with Gasteiger partial charge in [-0.3, -0.25) is 0 Å². The molecule has 0 radical (unpaired) electrons. The Morgan fingerprint density at radius 3 is 2.25 bits per heavy atom. The first-order chi connectivity index (χ1) is 16.9. The van der Waals surface area contributed by atoms with Crippen molar-refractivity contribution in [2.45, 2.75) is 56.7 Å². The molecule has 1 saturated heterocycles. The second-order valence-corrected chi connectivity index (χ2v) is 16.6. The van der Waals surface area contributed by atoms with Gasteiger partial charge in [0.05, 0.1) is 12.6 Å². The van der Waals surface area contributed by atoms with Gasteiger partial charge in [0.15, 0.2) is 8.32 Å². The maximum absolute atomic E-state index is 14.7. The van der Waals surface area contributed by atoms with Gasteiger partial charge in [0.2, 0.25) is 0 Å². The summed E-state index contributed by atoms with van der Waals surface area (Å²) in [5.41, 5.74) is 2.32. The molecule has 194 valence electrons. The van der Waals surface area contributed by atoms with Gasteiger partial charge in [0.25, 0.3) is 0 Å². The number of hydrogen-bond donors (Lipinski definition) is 1. The van der Waals surface area contributed by atoms with Gasteiger partial charge in [-0.1, -0.05) is 81.4 Å². The Morgan fingerprint density at radius 2 is 1.69 bits per heavy atom. The maximum Gasteiger partial charge on any atom is 0.319 e. The molecule has 0 saturated carbocycles. The number of carbonyl (C=O) groups is 1. The number of likely N-dealkylation sites (tertiary alicyclic amines) is 1. The number of halogens is 1. The first-order valence-electron chi connectivity index (χ1n) is 12.8. The molecule has 2 aromatic rings. The van der Waals surface area contributed by atoms with Crippen LogP contribution in [0.5, 0.6) is 0 Å². The third kappa shape index (κ3) is 5.29. The average Bonchev–Trinajstić information content (AvgIpc) is 3.38. The van der Waals surface area contributed by atoms with E-state index in [1.54, 1.807) is 0 Å². The third-order valence-corrected chi connectivity index (χ3v) is 12.6. The number of hydrogen-bond acceptors (Lipinski definition) is 3. The van der Waals surface area contributed by atoms with E-state index in [4.69, 9.17) is 4.43 Å². The summed E-state index contributed by atoms with van der Waals surface area (Å²) in [5.74, 6) is 0. The second kappa shape index (κ2) is 10.1. The van der Waals surface area contributed by atoms with E-state index in [-0.39, 0.29) is 11.1 Å². The predicted molar refractivity (Wildman–Crippen MR) is 147 cm³/mol. The Labute approximate surface area is 216 Å². The molecular formula is C29H40FN3O2Si. The highest BCUT2D eigenvalue weighted by atomic mass is 28.4. The van der Waals surface area contributed by atoms with Crippen LogP contribution in [0, 0.1) is 0 Å². The molecule has 3 atom stereocenters. The van der Waals surface area contributed by atoms with E-state index in [0.29, 0.717) is 26.2 Å². The predicted octanol–water partition coefficient (Wildman–Crippen LogP) is 5.66. The lowest BCUT2D eigenvalue weighted by atomic mass is 9.89. The van der Waals surface area contributed by atoms with Crippen molar-refractivity contribution in [3.8, 4) is 0 Å². The molecule has 1 N–H and O–H groups in total. The van der Waals surface area contributed by atoms with Crippen molar-refractivity contribution in [1.29, 1.82) is 0 Å². The largest absolute Gasteiger partial charge is 0.414 e. The van der Waals surface area contributed by atoms with Crippen LogP contribution in [0.15, 0.2) is 66.7 Å². The molecule has 5 nitrogen and oxygen atoms in total. The van der Waals surface area contributed by atoms with E-state index in [1.807, 2.05) is 53.2 Å². The highest BCUT2D eigenvalue weighted by molar-refractivity contribution is 6.74. The number of urea groups is 1. The van der Waals surface area contributed by atoms with Crippen molar-refractivity contribution in [3.05, 3.63) is 77.9 Å². The molecule has 0 aromatic heterocycles. The third-order valence-electron chi connectivity index (χ3n) is 8.09. The number of likely N-dealkylation sites (N-methyl/N-ethyl adjacent to an activating group) is 1. The Hall–Kier alpha value is -2.48. The van der Waals surface area contributed by atoms with E-state index in [9.17, 15) is 9.18 Å². The van der Waals surface area contributed by atoms with Gasteiger partial charge in [0, 0.05) is 19.6 Å². The molecule has 2 aromatic carbocycles. The standard InChI is InChI=1S/C29H40FN3O2Si/c1-28(2,3)36(5,6)35-21-29(24-15-11-8-12-16-24)17-23(22-13-9-7-10-14-22)18-33(29)27(34)31-26-20-32(4)19-25(26)30/h7-17,25-26H,18-21H2,1-6H3,(H,31,34)/t25-,26-,29-/m1/s1. The number of nitrogens with one attached hydrogen (secondary N) is 1. The monoisotopic (exact) mass is 509 g/mol. The SMILES string of the molecule is CN1C[C@@H](F)[C@H](NC(=O)N2CC(c3ccccc3)=C[C@@]2(CO[Si](C)(C)C(C)(C)C)c2ccccc2)C1. The fraction of sp³-hybridized carbons (Fsp3) is 0.483. The Morgan fingerprint density at radius 1 is 1.08 bits per heavy atom. The number of amides is 2. The Bertz CT molecular complexity index is 1090. The zero-order chi connectivity index (χ0) is 26.1. The maximum atomic E-state index is 14.7. The van der Waals surface area contributed by atoms with Crippen LogP contribution < -0.4 is 5.32 Å². The zero-order valence-electron chi connectivity index (χ0n) is 22.4. The fourth-order valence-corrected chi connectivity index (χ4v) is 5.82. The van der Waals surface area contributed by atoms with Crippen LogP contribution >= 0.6 is 0 Å². The molecule has 4 rings (SSSR count). The normalized spacial score (nSPS) is 25.2. The molecule has 0 bridgehead atoms. The molecule has 36 heavy (non-hydrogen) atoms. The molecule has 2 amide bonds. The minimum atomic E-state index is -2.13. The van der Waals surface area contributed by atoms with E-state index in [1.165, 1.54) is 0 Å². The number of rotatable bonds is 6. The summed E-state index contributed by atoms with van der Waals surface area (Å²) in [5, 5.41) is 3.04. The molecule has 1 fully saturated rings. The lowest BCUT2D eigenvalue weighted by molar-refractivity contribution is 0.105. The smallest absolute Gasteiger partial charge is 0.319 e. The number of carbonyl (C=O) groups excluding carboxylic acids is 1. The lowest BCUT2D eigenvalue weighted by Crippen LogP contribution is -2.57. The van der Waals surface area contributed by atoms with E-state index >= 15 is 0 Å². The minimum Gasteiger partial charge on any atom is -0.414 e. The molecule has 0 unspecified atom stereocenters. The zero-order valence-corrected chi connectivity index (χ0v) is 23.4. The quantitative estimate of drug-likeness (QED) is 0.511. The van der Waals surface area contributed by atoms with Gasteiger partial charge in [-0.15, -0.1) is 0 Å². The summed E-state index contributed by atoms with van der Waals surface area (Å²) < 4.78 is 21.5. The van der Waals surface area contributed by atoms with Crippen LogP contribution in [-0.4, -0.2) is 69.7 Å². The summed E-state index contributed by atoms with van der Waals surface area (Å²) in [6.45, 7) is 12.7. The molecule has 0 spiro atoms. The van der Waals surface area contributed by atoms with E-state index in [2.05, 4.69) is 69.5 Å². The van der Waals surface area contributed by atoms with Crippen LogP contribution in [0.25, 0.3) is 5.57 Å². The summed E-state index contributed by atoms with van der Waals surface area (Å²) in [6.07, 6.45) is 1.11. The minimum absolute atomic E-state index is 0.0262. The summed E-state index contributed by atoms with van der Waals surface area (Å²) in [7, 11) is -0.248. The van der Waals surface area contributed by atoms with Crippen molar-refractivity contribution < 1.29 is 13.6 Å². The van der Waals surface area contributed by atoms with Crippen LogP contribution in [0.1, 0.15) is 31.9 Å². The van der Waals surface area contributed by atoms with Crippen LogP contribution in [0.4, 0.5) is 9.18 Å².